The number of nitrogens with two attached hydrogens (primary N) is 3. The number of rotatable bonds is 17. The van der Waals surface area contributed by atoms with Crippen molar-refractivity contribution in [2.45, 2.75) is 110 Å². The highest BCUT2D eigenvalue weighted by atomic mass is 16.4. The van der Waals surface area contributed by atoms with Crippen molar-refractivity contribution in [3.8, 4) is 0 Å². The number of aliphatic carboxylic acids is 1. The van der Waals surface area contributed by atoms with Gasteiger partial charge in [0.2, 0.25) is 29.5 Å². The molecule has 1 aliphatic rings. The van der Waals surface area contributed by atoms with Crippen molar-refractivity contribution in [2.75, 3.05) is 13.1 Å². The highest BCUT2D eigenvalue weighted by molar-refractivity contribution is 5.96. The Hall–Kier alpha value is -3.95. The van der Waals surface area contributed by atoms with E-state index in [-0.39, 0.29) is 37.3 Å². The predicted octanol–water partition coefficient (Wildman–Crippen LogP) is -1.88. The summed E-state index contributed by atoms with van der Waals surface area (Å²) in [6, 6.07) is -5.95. The molecule has 0 aromatic heterocycles. The van der Waals surface area contributed by atoms with Crippen molar-refractivity contribution in [1.29, 1.82) is 0 Å². The Morgan fingerprint density at radius 1 is 0.886 bits per heavy atom. The van der Waals surface area contributed by atoms with Crippen LogP contribution in [0.2, 0.25) is 0 Å². The van der Waals surface area contributed by atoms with Crippen molar-refractivity contribution in [1.82, 2.24) is 26.2 Å². The summed E-state index contributed by atoms with van der Waals surface area (Å²) in [5.41, 5.74) is 16.8. The number of nitrogens with zero attached hydrogens (tertiary/aromatic N) is 2. The molecule has 1 heterocycles. The molecule has 6 atom stereocenters. The Balaban J connectivity index is 3.03. The third kappa shape index (κ3) is 12.3. The van der Waals surface area contributed by atoms with Gasteiger partial charge in [0, 0.05) is 13.1 Å². The maximum absolute atomic E-state index is 13.7. The lowest BCUT2D eigenvalue weighted by molar-refractivity contribution is -0.143. The second kappa shape index (κ2) is 18.0. The fraction of sp³-hybridized carbons (Fsp3) is 0.750. The van der Waals surface area contributed by atoms with Gasteiger partial charge < -0.3 is 48.5 Å². The number of nitrogens with one attached hydrogen (secondary N) is 4. The summed E-state index contributed by atoms with van der Waals surface area (Å²) >= 11 is 0. The molecule has 0 bridgehead atoms. The standard InChI is InChI=1S/C28H51N9O7/c1-14(2)13-18(29)23(39)35-19(9-7-11-32-28(30)31)26(42)37-12-8-10-20(37)24(40)36-21(15(3)4)25(41)33-16(5)22(38)34-17(6)27(43)44/h14-21H,7-13,29H2,1-6H3,(H,33,41)(H,34,38)(H,35,39)(H,36,40)(H,43,44)(H4,30,31,32)/t16-,17-,18-,19-,20-,21-/m0/s1. The van der Waals surface area contributed by atoms with Gasteiger partial charge in [-0.25, -0.2) is 0 Å². The van der Waals surface area contributed by atoms with Crippen molar-refractivity contribution >= 4 is 41.5 Å². The number of amides is 5. The number of carboxylic acids is 1. The molecule has 1 fully saturated rings. The van der Waals surface area contributed by atoms with E-state index in [0.29, 0.717) is 25.7 Å². The Labute approximate surface area is 258 Å². The van der Waals surface area contributed by atoms with E-state index in [1.165, 1.54) is 18.7 Å². The Morgan fingerprint density at radius 2 is 1.50 bits per heavy atom. The molecule has 5 amide bonds. The lowest BCUT2D eigenvalue weighted by atomic mass is 10.0. The maximum atomic E-state index is 13.7. The van der Waals surface area contributed by atoms with E-state index in [1.807, 2.05) is 13.8 Å². The van der Waals surface area contributed by atoms with Gasteiger partial charge in [0.05, 0.1) is 6.04 Å². The van der Waals surface area contributed by atoms with Crippen LogP contribution in [0.3, 0.4) is 0 Å². The molecule has 0 unspecified atom stereocenters. The normalized spacial score (nSPS) is 18.0. The summed E-state index contributed by atoms with van der Waals surface area (Å²) in [6.07, 6.45) is 1.89. The van der Waals surface area contributed by atoms with Crippen LogP contribution < -0.4 is 38.5 Å². The molecule has 11 N–H and O–H groups in total. The molecule has 0 saturated carbocycles. The predicted molar refractivity (Wildman–Crippen MR) is 164 cm³/mol. The van der Waals surface area contributed by atoms with Crippen LogP contribution in [0.25, 0.3) is 0 Å². The van der Waals surface area contributed by atoms with Crippen LogP contribution in [0.4, 0.5) is 0 Å². The van der Waals surface area contributed by atoms with Gasteiger partial charge >= 0.3 is 5.97 Å². The lowest BCUT2D eigenvalue weighted by Crippen LogP contribution is -2.59. The van der Waals surface area contributed by atoms with E-state index in [1.54, 1.807) is 13.8 Å². The number of hydrogen-bond acceptors (Lipinski definition) is 8. The van der Waals surface area contributed by atoms with E-state index >= 15 is 0 Å². The highest BCUT2D eigenvalue weighted by Crippen LogP contribution is 2.21. The third-order valence-corrected chi connectivity index (χ3v) is 7.19. The van der Waals surface area contributed by atoms with Crippen LogP contribution in [0.5, 0.6) is 0 Å². The first-order valence-electron chi connectivity index (χ1n) is 15.0. The molecule has 0 aromatic carbocycles. The van der Waals surface area contributed by atoms with Gasteiger partial charge in [0.1, 0.15) is 30.2 Å². The fourth-order valence-electron chi connectivity index (χ4n) is 4.71. The Morgan fingerprint density at radius 3 is 2.05 bits per heavy atom. The van der Waals surface area contributed by atoms with Crippen LogP contribution in [-0.2, 0) is 28.8 Å². The first kappa shape index (κ1) is 38.1. The average molecular weight is 626 g/mol. The number of carbonyl (C=O) groups is 6. The SMILES string of the molecule is CC(C)C[C@H](N)C(=O)N[C@@H](CCCN=C(N)N)C(=O)N1CCC[C@H]1C(=O)N[C@H](C(=O)N[C@@H](C)C(=O)N[C@@H](C)C(=O)O)C(C)C. The summed E-state index contributed by atoms with van der Waals surface area (Å²) in [6.45, 7) is 10.5. The van der Waals surface area contributed by atoms with Crippen LogP contribution in [-0.4, -0.2) is 101 Å². The van der Waals surface area contributed by atoms with Crippen molar-refractivity contribution in [3.05, 3.63) is 0 Å². The number of carboxylic acid groups (broad SMARTS) is 1. The molecule has 16 nitrogen and oxygen atoms in total. The fourth-order valence-corrected chi connectivity index (χ4v) is 4.71. The lowest BCUT2D eigenvalue weighted by Gasteiger charge is -2.31. The molecule has 0 aliphatic carbocycles. The monoisotopic (exact) mass is 625 g/mol. The number of aliphatic imine (C=N–C) groups is 1. The largest absolute Gasteiger partial charge is 0.480 e. The molecule has 250 valence electrons. The summed E-state index contributed by atoms with van der Waals surface area (Å²) in [7, 11) is 0. The van der Waals surface area contributed by atoms with Gasteiger partial charge in [0.15, 0.2) is 5.96 Å². The molecular weight excluding hydrogens is 574 g/mol. The molecule has 16 heteroatoms. The number of guanidine groups is 1. The Kier molecular flexibility index (Phi) is 15.6. The second-order valence-corrected chi connectivity index (χ2v) is 12.0. The van der Waals surface area contributed by atoms with E-state index in [9.17, 15) is 28.8 Å². The van der Waals surface area contributed by atoms with E-state index in [4.69, 9.17) is 22.3 Å². The molecule has 1 aliphatic heterocycles. The second-order valence-electron chi connectivity index (χ2n) is 12.0. The average Bonchev–Trinajstić information content (AvgIpc) is 3.41. The topological polar surface area (TPSA) is 264 Å². The first-order valence-corrected chi connectivity index (χ1v) is 15.0. The van der Waals surface area contributed by atoms with Gasteiger partial charge in [-0.3, -0.25) is 33.8 Å². The van der Waals surface area contributed by atoms with E-state index in [2.05, 4.69) is 26.3 Å². The van der Waals surface area contributed by atoms with Crippen molar-refractivity contribution < 1.29 is 33.9 Å². The minimum absolute atomic E-state index is 0.0965. The van der Waals surface area contributed by atoms with Gasteiger partial charge in [0.25, 0.3) is 0 Å². The van der Waals surface area contributed by atoms with Crippen LogP contribution in [0.15, 0.2) is 4.99 Å². The molecule has 0 radical (unpaired) electrons. The quantitative estimate of drug-likeness (QED) is 0.0506. The molecular formula is C28H51N9O7. The summed E-state index contributed by atoms with van der Waals surface area (Å²) in [4.78, 5) is 81.7. The van der Waals surface area contributed by atoms with Gasteiger partial charge in [-0.2, -0.15) is 0 Å². The number of likely N-dealkylation sites (tertiary alicyclic amines) is 1. The molecule has 1 saturated heterocycles. The minimum Gasteiger partial charge on any atom is -0.480 e. The summed E-state index contributed by atoms with van der Waals surface area (Å²) in [5, 5.41) is 19.2. The van der Waals surface area contributed by atoms with Gasteiger partial charge in [-0.05, 0) is 57.8 Å². The Bertz CT molecular complexity index is 1060. The smallest absolute Gasteiger partial charge is 0.325 e. The highest BCUT2D eigenvalue weighted by Gasteiger charge is 2.39. The molecule has 0 spiro atoms. The minimum atomic E-state index is -1.23. The first-order chi connectivity index (χ1) is 20.5. The summed E-state index contributed by atoms with van der Waals surface area (Å²) < 4.78 is 0. The molecule has 44 heavy (non-hydrogen) atoms. The summed E-state index contributed by atoms with van der Waals surface area (Å²) in [5.74, 6) is -4.38. The zero-order valence-electron chi connectivity index (χ0n) is 26.6. The van der Waals surface area contributed by atoms with E-state index < -0.39 is 71.8 Å². The number of carbonyl (C=O) groups excluding carboxylic acids is 5. The van der Waals surface area contributed by atoms with Gasteiger partial charge in [-0.1, -0.05) is 27.7 Å². The number of hydrogen-bond donors (Lipinski definition) is 8. The molecule has 1 rings (SSSR count). The molecule has 0 aromatic rings. The van der Waals surface area contributed by atoms with Gasteiger partial charge in [-0.15, -0.1) is 0 Å². The maximum Gasteiger partial charge on any atom is 0.325 e. The van der Waals surface area contributed by atoms with E-state index in [0.717, 1.165) is 0 Å². The third-order valence-electron chi connectivity index (χ3n) is 7.19. The van der Waals surface area contributed by atoms with Crippen molar-refractivity contribution in [3.63, 3.8) is 0 Å². The van der Waals surface area contributed by atoms with Crippen LogP contribution in [0, 0.1) is 11.8 Å². The van der Waals surface area contributed by atoms with Crippen LogP contribution >= 0.6 is 0 Å². The zero-order chi connectivity index (χ0) is 33.7. The van der Waals surface area contributed by atoms with Crippen LogP contribution in [0.1, 0.15) is 73.6 Å². The zero-order valence-corrected chi connectivity index (χ0v) is 26.6. The van der Waals surface area contributed by atoms with Crippen molar-refractivity contribution in [2.24, 2.45) is 34.0 Å².